The molecule has 0 bridgehead atoms. The van der Waals surface area contributed by atoms with Crippen LogP contribution in [0.25, 0.3) is 11.2 Å². The van der Waals surface area contributed by atoms with Crippen LogP contribution in [-0.4, -0.2) is 34.3 Å². The molecule has 0 aliphatic rings. The Morgan fingerprint density at radius 1 is 1.30 bits per heavy atom. The monoisotopic (exact) mass is 327 g/mol. The molecule has 0 aliphatic heterocycles. The van der Waals surface area contributed by atoms with Gasteiger partial charge in [0, 0.05) is 13.6 Å². The lowest BCUT2D eigenvalue weighted by Crippen LogP contribution is -2.22. The van der Waals surface area contributed by atoms with Crippen LogP contribution in [0.3, 0.4) is 0 Å². The largest absolute Gasteiger partial charge is 0.435 e. The van der Waals surface area contributed by atoms with Crippen LogP contribution in [0.4, 0.5) is 13.2 Å². The van der Waals surface area contributed by atoms with Gasteiger partial charge in [-0.2, -0.15) is 18.3 Å². The van der Waals surface area contributed by atoms with Gasteiger partial charge in [-0.1, -0.05) is 5.21 Å². The van der Waals surface area contributed by atoms with E-state index >= 15 is 0 Å². The van der Waals surface area contributed by atoms with Crippen LogP contribution in [0.2, 0.25) is 0 Å². The Labute approximate surface area is 127 Å². The first-order valence-corrected chi connectivity index (χ1v) is 6.70. The van der Waals surface area contributed by atoms with Crippen molar-refractivity contribution in [3.63, 3.8) is 0 Å². The summed E-state index contributed by atoms with van der Waals surface area (Å²) in [5.41, 5.74) is -0.829. The van der Waals surface area contributed by atoms with Gasteiger partial charge < -0.3 is 0 Å². The predicted molar refractivity (Wildman–Crippen MR) is 72.6 cm³/mol. The molecule has 0 N–H and O–H groups in total. The SMILES string of the molecule is CCn1nnc2c(=O)n(Cc3cc(C(F)(F)F)nn3C)cnc21. The van der Waals surface area contributed by atoms with E-state index in [9.17, 15) is 18.0 Å². The molecule has 0 aliphatic carbocycles. The van der Waals surface area contributed by atoms with Gasteiger partial charge in [0.25, 0.3) is 5.56 Å². The van der Waals surface area contributed by atoms with Crippen molar-refractivity contribution in [2.75, 3.05) is 0 Å². The Morgan fingerprint density at radius 3 is 2.65 bits per heavy atom. The fraction of sp³-hybridized carbons (Fsp3) is 0.417. The fourth-order valence-corrected chi connectivity index (χ4v) is 2.18. The van der Waals surface area contributed by atoms with Crippen molar-refractivity contribution in [1.29, 1.82) is 0 Å². The second kappa shape index (κ2) is 5.18. The highest BCUT2D eigenvalue weighted by atomic mass is 19.4. The highest BCUT2D eigenvalue weighted by Gasteiger charge is 2.34. The highest BCUT2D eigenvalue weighted by molar-refractivity contribution is 5.67. The smallest absolute Gasteiger partial charge is 0.291 e. The molecule has 0 atom stereocenters. The minimum atomic E-state index is -4.53. The van der Waals surface area contributed by atoms with Gasteiger partial charge in [0.1, 0.15) is 6.33 Å². The van der Waals surface area contributed by atoms with Crippen LogP contribution in [0, 0.1) is 0 Å². The molecule has 0 aromatic carbocycles. The zero-order chi connectivity index (χ0) is 16.8. The lowest BCUT2D eigenvalue weighted by molar-refractivity contribution is -0.141. The average Bonchev–Trinajstić information content (AvgIpc) is 3.06. The molecule has 0 spiro atoms. The second-order valence-electron chi connectivity index (χ2n) is 4.90. The summed E-state index contributed by atoms with van der Waals surface area (Å²) in [5.74, 6) is 0. The number of aromatic nitrogens is 7. The summed E-state index contributed by atoms with van der Waals surface area (Å²) in [4.78, 5) is 16.4. The Morgan fingerprint density at radius 2 is 2.04 bits per heavy atom. The fourth-order valence-electron chi connectivity index (χ4n) is 2.18. The molecule has 0 fully saturated rings. The van der Waals surface area contributed by atoms with Crippen molar-refractivity contribution in [2.24, 2.45) is 7.05 Å². The summed E-state index contributed by atoms with van der Waals surface area (Å²) in [7, 11) is 1.38. The lowest BCUT2D eigenvalue weighted by atomic mass is 10.3. The van der Waals surface area contributed by atoms with Gasteiger partial charge in [-0.05, 0) is 13.0 Å². The average molecular weight is 327 g/mol. The minimum absolute atomic E-state index is 0.0764. The Kier molecular flexibility index (Phi) is 3.42. The first-order chi connectivity index (χ1) is 10.8. The summed E-state index contributed by atoms with van der Waals surface area (Å²) >= 11 is 0. The van der Waals surface area contributed by atoms with E-state index in [-0.39, 0.29) is 17.8 Å². The molecule has 0 amide bonds. The van der Waals surface area contributed by atoms with Crippen molar-refractivity contribution in [3.05, 3.63) is 34.1 Å². The molecule has 0 saturated carbocycles. The number of halogens is 3. The number of nitrogens with zero attached hydrogens (tertiary/aromatic N) is 7. The number of alkyl halides is 3. The maximum Gasteiger partial charge on any atom is 0.435 e. The molecule has 0 radical (unpaired) electrons. The van der Waals surface area contributed by atoms with Crippen LogP contribution in [0.15, 0.2) is 17.2 Å². The van der Waals surface area contributed by atoms with Gasteiger partial charge in [0.15, 0.2) is 16.9 Å². The molecule has 0 saturated heterocycles. The first kappa shape index (κ1) is 15.2. The zero-order valence-corrected chi connectivity index (χ0v) is 12.2. The van der Waals surface area contributed by atoms with Crippen LogP contribution in [0.5, 0.6) is 0 Å². The molecule has 0 unspecified atom stereocenters. The van der Waals surface area contributed by atoms with E-state index in [1.807, 2.05) is 6.92 Å². The van der Waals surface area contributed by atoms with Crippen molar-refractivity contribution in [3.8, 4) is 0 Å². The van der Waals surface area contributed by atoms with Gasteiger partial charge in [-0.25, -0.2) is 9.67 Å². The van der Waals surface area contributed by atoms with Crippen LogP contribution < -0.4 is 5.56 Å². The van der Waals surface area contributed by atoms with E-state index in [0.29, 0.717) is 12.2 Å². The number of rotatable bonds is 3. The summed E-state index contributed by atoms with van der Waals surface area (Å²) in [5, 5.41) is 11.0. The van der Waals surface area contributed by atoms with E-state index in [1.54, 1.807) is 0 Å². The second-order valence-corrected chi connectivity index (χ2v) is 4.90. The normalized spacial score (nSPS) is 12.2. The summed E-state index contributed by atoms with van der Waals surface area (Å²) in [6, 6.07) is 0.902. The standard InChI is InChI=1S/C12H12F3N7O/c1-3-22-10-9(17-19-22)11(23)21(6-16-10)5-7-4-8(12(13,14)15)18-20(7)2/h4,6H,3,5H2,1-2H3. The van der Waals surface area contributed by atoms with E-state index in [1.165, 1.54) is 22.6 Å². The number of hydrogen-bond donors (Lipinski definition) is 0. The van der Waals surface area contributed by atoms with Crippen LogP contribution in [-0.2, 0) is 26.3 Å². The predicted octanol–water partition coefficient (Wildman–Crippen LogP) is 0.808. The van der Waals surface area contributed by atoms with Gasteiger partial charge in [-0.15, -0.1) is 5.10 Å². The van der Waals surface area contributed by atoms with E-state index < -0.39 is 17.4 Å². The maximum atomic E-state index is 12.7. The summed E-state index contributed by atoms with van der Waals surface area (Å²) < 4.78 is 41.7. The van der Waals surface area contributed by atoms with Gasteiger partial charge >= 0.3 is 6.18 Å². The van der Waals surface area contributed by atoms with Gasteiger partial charge in [0.2, 0.25) is 0 Å². The van der Waals surface area contributed by atoms with Crippen molar-refractivity contribution < 1.29 is 13.2 Å². The summed E-state index contributed by atoms with van der Waals surface area (Å²) in [6.07, 6.45) is -3.27. The number of aryl methyl sites for hydroxylation is 2. The van der Waals surface area contributed by atoms with Crippen molar-refractivity contribution in [1.82, 2.24) is 34.3 Å². The van der Waals surface area contributed by atoms with Gasteiger partial charge in [0.05, 0.1) is 12.2 Å². The molecule has 23 heavy (non-hydrogen) atoms. The van der Waals surface area contributed by atoms with Crippen molar-refractivity contribution >= 4 is 11.2 Å². The maximum absolute atomic E-state index is 12.7. The third-order valence-electron chi connectivity index (χ3n) is 3.39. The van der Waals surface area contributed by atoms with E-state index in [4.69, 9.17) is 0 Å². The quantitative estimate of drug-likeness (QED) is 0.711. The topological polar surface area (TPSA) is 83.4 Å². The number of hydrogen-bond acceptors (Lipinski definition) is 5. The molecule has 8 nitrogen and oxygen atoms in total. The zero-order valence-electron chi connectivity index (χ0n) is 12.2. The Bertz CT molecular complexity index is 921. The molecule has 3 aromatic heterocycles. The van der Waals surface area contributed by atoms with E-state index in [0.717, 1.165) is 10.7 Å². The molecule has 11 heteroatoms. The highest BCUT2D eigenvalue weighted by Crippen LogP contribution is 2.28. The van der Waals surface area contributed by atoms with Crippen LogP contribution in [0.1, 0.15) is 18.3 Å². The third-order valence-corrected chi connectivity index (χ3v) is 3.39. The lowest BCUT2D eigenvalue weighted by Gasteiger charge is -2.05. The van der Waals surface area contributed by atoms with Gasteiger partial charge in [-0.3, -0.25) is 14.0 Å². The first-order valence-electron chi connectivity index (χ1n) is 6.70. The number of fused-ring (bicyclic) bond motifs is 1. The Balaban J connectivity index is 2.01. The molecular weight excluding hydrogens is 315 g/mol. The van der Waals surface area contributed by atoms with Crippen molar-refractivity contribution in [2.45, 2.75) is 26.2 Å². The van der Waals surface area contributed by atoms with E-state index in [2.05, 4.69) is 20.4 Å². The summed E-state index contributed by atoms with van der Waals surface area (Å²) in [6.45, 7) is 2.24. The molecule has 3 aromatic rings. The third kappa shape index (κ3) is 2.58. The Hall–Kier alpha value is -2.72. The molecule has 122 valence electrons. The molecule has 3 rings (SSSR count). The van der Waals surface area contributed by atoms with Crippen LogP contribution >= 0.6 is 0 Å². The molecular formula is C12H12F3N7O. The minimum Gasteiger partial charge on any atom is -0.291 e. The molecule has 3 heterocycles.